The van der Waals surface area contributed by atoms with Crippen LogP contribution in [0.5, 0.6) is 0 Å². The van der Waals surface area contributed by atoms with Crippen LogP contribution in [0.4, 0.5) is 8.78 Å². The maximum atomic E-state index is 14.3. The molecule has 0 radical (unpaired) electrons. The Morgan fingerprint density at radius 2 is 2.03 bits per heavy atom. The van der Waals surface area contributed by atoms with E-state index in [9.17, 15) is 18.7 Å². The molecule has 4 aromatic rings. The lowest BCUT2D eigenvalue weighted by molar-refractivity contribution is 0.197. The Balaban J connectivity index is 1.82. The molecule has 0 aliphatic rings. The van der Waals surface area contributed by atoms with E-state index in [1.807, 2.05) is 0 Å². The number of hydrogen-bond donors (Lipinski definition) is 2. The molecule has 0 amide bonds. The van der Waals surface area contributed by atoms with Crippen molar-refractivity contribution in [2.45, 2.75) is 26.4 Å². The standard InChI is InChI=1S/C20H17F2N5O2/c1-10-5-15(22)12(6-14(10)21)7-16-19-23-3-4-27(19)9-17(25-16)18-24-8-13(11(2)28)20(29)26-18/h3-6,8-9,11,28H,7H2,1-2H3,(H,24,26,29). The van der Waals surface area contributed by atoms with Crippen molar-refractivity contribution in [3.63, 3.8) is 0 Å². The molecule has 9 heteroatoms. The van der Waals surface area contributed by atoms with E-state index in [-0.39, 0.29) is 28.9 Å². The molecule has 0 saturated carbocycles. The van der Waals surface area contributed by atoms with Gasteiger partial charge in [-0.1, -0.05) is 0 Å². The molecule has 1 atom stereocenters. The predicted octanol–water partition coefficient (Wildman–Crippen LogP) is 2.71. The van der Waals surface area contributed by atoms with E-state index in [0.29, 0.717) is 17.0 Å². The van der Waals surface area contributed by atoms with Crippen molar-refractivity contribution in [2.75, 3.05) is 0 Å². The quantitative estimate of drug-likeness (QED) is 0.552. The third-order valence-electron chi connectivity index (χ3n) is 4.65. The molecule has 148 valence electrons. The van der Waals surface area contributed by atoms with Gasteiger partial charge in [-0.2, -0.15) is 0 Å². The van der Waals surface area contributed by atoms with Gasteiger partial charge >= 0.3 is 0 Å². The number of aliphatic hydroxyl groups excluding tert-OH is 1. The van der Waals surface area contributed by atoms with Crippen LogP contribution in [0.3, 0.4) is 0 Å². The highest BCUT2D eigenvalue weighted by atomic mass is 19.1. The Hall–Kier alpha value is -3.46. The second kappa shape index (κ2) is 7.17. The molecule has 3 aromatic heterocycles. The van der Waals surface area contributed by atoms with Crippen molar-refractivity contribution in [3.8, 4) is 11.5 Å². The van der Waals surface area contributed by atoms with Gasteiger partial charge in [-0.3, -0.25) is 4.79 Å². The van der Waals surface area contributed by atoms with Crippen LogP contribution in [0, 0.1) is 18.6 Å². The number of halogens is 2. The van der Waals surface area contributed by atoms with Crippen molar-refractivity contribution >= 4 is 5.65 Å². The van der Waals surface area contributed by atoms with Crippen molar-refractivity contribution in [1.82, 2.24) is 24.3 Å². The van der Waals surface area contributed by atoms with Gasteiger partial charge < -0.3 is 14.5 Å². The molecule has 29 heavy (non-hydrogen) atoms. The van der Waals surface area contributed by atoms with Crippen molar-refractivity contribution in [3.05, 3.63) is 81.3 Å². The lowest BCUT2D eigenvalue weighted by atomic mass is 10.1. The zero-order valence-electron chi connectivity index (χ0n) is 15.6. The first-order valence-corrected chi connectivity index (χ1v) is 8.88. The predicted molar refractivity (Wildman–Crippen MR) is 101 cm³/mol. The smallest absolute Gasteiger partial charge is 0.256 e. The number of H-pyrrole nitrogens is 1. The fraction of sp³-hybridized carbons (Fsp3) is 0.200. The van der Waals surface area contributed by atoms with Crippen molar-refractivity contribution in [1.29, 1.82) is 0 Å². The zero-order valence-corrected chi connectivity index (χ0v) is 15.6. The van der Waals surface area contributed by atoms with Crippen LogP contribution in [0.2, 0.25) is 0 Å². The van der Waals surface area contributed by atoms with Gasteiger partial charge in [-0.25, -0.2) is 23.7 Å². The van der Waals surface area contributed by atoms with E-state index < -0.39 is 23.3 Å². The van der Waals surface area contributed by atoms with Gasteiger partial charge in [0.1, 0.15) is 17.3 Å². The van der Waals surface area contributed by atoms with Gasteiger partial charge in [0.25, 0.3) is 5.56 Å². The van der Waals surface area contributed by atoms with Crippen LogP contribution in [0.25, 0.3) is 17.2 Å². The normalized spacial score (nSPS) is 12.4. The van der Waals surface area contributed by atoms with Crippen LogP contribution >= 0.6 is 0 Å². The molecule has 3 heterocycles. The number of aromatic amines is 1. The molecule has 2 N–H and O–H groups in total. The first-order valence-electron chi connectivity index (χ1n) is 8.88. The number of aromatic nitrogens is 5. The summed E-state index contributed by atoms with van der Waals surface area (Å²) in [4.78, 5) is 27.6. The number of nitrogens with zero attached hydrogens (tertiary/aromatic N) is 4. The van der Waals surface area contributed by atoms with Crippen LogP contribution in [0.1, 0.15) is 35.4 Å². The minimum atomic E-state index is -0.959. The van der Waals surface area contributed by atoms with Crippen LogP contribution < -0.4 is 5.56 Å². The highest BCUT2D eigenvalue weighted by Crippen LogP contribution is 2.21. The molecule has 7 nitrogen and oxygen atoms in total. The number of hydrogen-bond acceptors (Lipinski definition) is 5. The first kappa shape index (κ1) is 18.9. The highest BCUT2D eigenvalue weighted by Gasteiger charge is 2.16. The van der Waals surface area contributed by atoms with Crippen LogP contribution in [-0.2, 0) is 6.42 Å². The first-order chi connectivity index (χ1) is 13.8. The summed E-state index contributed by atoms with van der Waals surface area (Å²) < 4.78 is 29.9. The molecular formula is C20H17F2N5O2. The summed E-state index contributed by atoms with van der Waals surface area (Å²) in [6.07, 6.45) is 5.19. The van der Waals surface area contributed by atoms with Gasteiger partial charge in [0.05, 0.1) is 17.4 Å². The summed E-state index contributed by atoms with van der Waals surface area (Å²) in [6.45, 7) is 2.96. The van der Waals surface area contributed by atoms with E-state index in [1.165, 1.54) is 20.0 Å². The maximum Gasteiger partial charge on any atom is 0.256 e. The minimum absolute atomic E-state index is 0.00732. The van der Waals surface area contributed by atoms with Gasteiger partial charge in [-0.15, -0.1) is 0 Å². The number of fused-ring (bicyclic) bond motifs is 1. The lowest BCUT2D eigenvalue weighted by Gasteiger charge is -2.10. The molecule has 0 aliphatic heterocycles. The number of imidazole rings is 1. The molecule has 4 rings (SSSR count). The largest absolute Gasteiger partial charge is 0.388 e. The lowest BCUT2D eigenvalue weighted by Crippen LogP contribution is -2.17. The highest BCUT2D eigenvalue weighted by molar-refractivity contribution is 5.55. The molecule has 0 fully saturated rings. The summed E-state index contributed by atoms with van der Waals surface area (Å²) in [5, 5.41) is 9.60. The molecule has 0 bridgehead atoms. The topological polar surface area (TPSA) is 96.2 Å². The molecular weight excluding hydrogens is 380 g/mol. The van der Waals surface area contributed by atoms with Crippen LogP contribution in [0.15, 0.2) is 41.7 Å². The summed E-state index contributed by atoms with van der Waals surface area (Å²) in [5.74, 6) is -0.850. The number of aliphatic hydroxyl groups is 1. The Morgan fingerprint density at radius 3 is 2.76 bits per heavy atom. The van der Waals surface area contributed by atoms with Gasteiger partial charge in [-0.05, 0) is 37.1 Å². The van der Waals surface area contributed by atoms with E-state index in [1.54, 1.807) is 23.0 Å². The Bertz CT molecular complexity index is 1280. The SMILES string of the molecule is Cc1cc(F)c(Cc2nc(-c3ncc(C(C)O)c(=O)[nH]3)cn3ccnc23)cc1F. The van der Waals surface area contributed by atoms with Crippen LogP contribution in [-0.4, -0.2) is 29.4 Å². The van der Waals surface area contributed by atoms with Gasteiger partial charge in [0.15, 0.2) is 11.5 Å². The summed E-state index contributed by atoms with van der Waals surface area (Å²) in [7, 11) is 0. The summed E-state index contributed by atoms with van der Waals surface area (Å²) in [5.41, 5.74) is 1.23. The second-order valence-corrected chi connectivity index (χ2v) is 6.79. The molecule has 0 spiro atoms. The zero-order chi connectivity index (χ0) is 20.7. The van der Waals surface area contributed by atoms with E-state index in [2.05, 4.69) is 19.9 Å². The summed E-state index contributed by atoms with van der Waals surface area (Å²) >= 11 is 0. The third kappa shape index (κ3) is 3.52. The van der Waals surface area contributed by atoms with E-state index in [0.717, 1.165) is 12.1 Å². The number of nitrogens with one attached hydrogen (secondary N) is 1. The van der Waals surface area contributed by atoms with E-state index in [4.69, 9.17) is 0 Å². The minimum Gasteiger partial charge on any atom is -0.388 e. The average Bonchev–Trinajstić information content (AvgIpc) is 3.14. The van der Waals surface area contributed by atoms with Crippen molar-refractivity contribution in [2.24, 2.45) is 0 Å². The molecule has 1 aromatic carbocycles. The fourth-order valence-corrected chi connectivity index (χ4v) is 3.07. The van der Waals surface area contributed by atoms with Gasteiger partial charge in [0, 0.05) is 31.2 Å². The fourth-order valence-electron chi connectivity index (χ4n) is 3.07. The molecule has 0 aliphatic carbocycles. The van der Waals surface area contributed by atoms with E-state index >= 15 is 0 Å². The molecule has 1 unspecified atom stereocenters. The number of benzene rings is 1. The summed E-state index contributed by atoms with van der Waals surface area (Å²) in [6, 6.07) is 2.29. The van der Waals surface area contributed by atoms with Gasteiger partial charge in [0.2, 0.25) is 0 Å². The number of aryl methyl sites for hydroxylation is 1. The Labute approximate surface area is 163 Å². The third-order valence-corrected chi connectivity index (χ3v) is 4.65. The Morgan fingerprint density at radius 1 is 1.24 bits per heavy atom. The second-order valence-electron chi connectivity index (χ2n) is 6.79. The monoisotopic (exact) mass is 397 g/mol. The molecule has 0 saturated heterocycles. The maximum absolute atomic E-state index is 14.3. The average molecular weight is 397 g/mol. The Kier molecular flexibility index (Phi) is 4.67. The number of rotatable bonds is 4. The van der Waals surface area contributed by atoms with Crippen molar-refractivity contribution < 1.29 is 13.9 Å².